The number of methoxy groups -OCH3 is 1. The number of nitrogens with zero attached hydrogens (tertiary/aromatic N) is 2. The van der Waals surface area contributed by atoms with Crippen LogP contribution >= 0.6 is 11.8 Å². The fraction of sp³-hybridized carbons (Fsp3) is 0.200. The zero-order valence-electron chi connectivity index (χ0n) is 14.9. The van der Waals surface area contributed by atoms with Gasteiger partial charge >= 0.3 is 0 Å². The lowest BCUT2D eigenvalue weighted by Gasteiger charge is -2.15. The van der Waals surface area contributed by atoms with Crippen molar-refractivity contribution in [3.63, 3.8) is 0 Å². The van der Waals surface area contributed by atoms with Crippen molar-refractivity contribution >= 4 is 23.5 Å². The van der Waals surface area contributed by atoms with Crippen LogP contribution in [-0.2, 0) is 4.79 Å². The van der Waals surface area contributed by atoms with E-state index in [9.17, 15) is 9.18 Å². The van der Waals surface area contributed by atoms with Gasteiger partial charge in [-0.3, -0.25) is 4.79 Å². The number of anilines is 1. The number of halogens is 1. The normalized spacial score (nSPS) is 16.4. The number of carbonyl (C=O) groups is 1. The third kappa shape index (κ3) is 3.30. The fourth-order valence-corrected chi connectivity index (χ4v) is 4.40. The zero-order chi connectivity index (χ0) is 19.0. The van der Waals surface area contributed by atoms with Gasteiger partial charge < -0.3 is 10.1 Å². The highest BCUT2D eigenvalue weighted by Gasteiger charge is 2.30. The third-order valence-electron chi connectivity index (χ3n) is 4.48. The average molecular weight is 383 g/mol. The molecule has 1 aromatic heterocycles. The minimum Gasteiger partial charge on any atom is -0.497 e. The van der Waals surface area contributed by atoms with Crippen LogP contribution in [0.5, 0.6) is 5.75 Å². The summed E-state index contributed by atoms with van der Waals surface area (Å²) in [6, 6.07) is 14.0. The van der Waals surface area contributed by atoms with Crippen LogP contribution in [0, 0.1) is 12.7 Å². The summed E-state index contributed by atoms with van der Waals surface area (Å²) in [7, 11) is 1.61. The SMILES string of the molecule is COc1ccc(-n2nc(C)c3c2NC(=O)CS[C@H]3c2cccc(F)c2)cc1. The second-order valence-corrected chi connectivity index (χ2v) is 7.35. The number of carbonyl (C=O) groups excluding carboxylic acids is 1. The highest BCUT2D eigenvalue weighted by Crippen LogP contribution is 2.43. The molecule has 7 heteroatoms. The Bertz CT molecular complexity index is 1000. The largest absolute Gasteiger partial charge is 0.497 e. The number of fused-ring (bicyclic) bond motifs is 1. The van der Waals surface area contributed by atoms with Crippen LogP contribution in [0.25, 0.3) is 5.69 Å². The van der Waals surface area contributed by atoms with Gasteiger partial charge in [0, 0.05) is 5.56 Å². The summed E-state index contributed by atoms with van der Waals surface area (Å²) in [5, 5.41) is 7.44. The molecule has 27 heavy (non-hydrogen) atoms. The topological polar surface area (TPSA) is 56.1 Å². The van der Waals surface area contributed by atoms with E-state index in [1.54, 1.807) is 17.9 Å². The molecule has 1 amide bonds. The molecule has 1 aliphatic rings. The number of nitrogens with one attached hydrogen (secondary N) is 1. The minimum atomic E-state index is -0.293. The van der Waals surface area contributed by atoms with E-state index in [1.807, 2.05) is 37.3 Å². The van der Waals surface area contributed by atoms with E-state index in [0.717, 1.165) is 28.3 Å². The standard InChI is InChI=1S/C20H18FN3O2S/c1-12-18-19(13-4-3-5-14(21)10-13)27-11-17(25)22-20(18)24(23-12)15-6-8-16(26-2)9-7-15/h3-10,19H,11H2,1-2H3,(H,22,25)/t19-/m0/s1. The first kappa shape index (κ1) is 17.6. The Morgan fingerprint density at radius 2 is 2.04 bits per heavy atom. The maximum Gasteiger partial charge on any atom is 0.235 e. The molecule has 2 aromatic carbocycles. The zero-order valence-corrected chi connectivity index (χ0v) is 15.7. The molecule has 138 valence electrons. The van der Waals surface area contributed by atoms with Crippen LogP contribution < -0.4 is 10.1 Å². The predicted molar refractivity (Wildman–Crippen MR) is 104 cm³/mol. The van der Waals surface area contributed by atoms with Crippen molar-refractivity contribution in [3.05, 3.63) is 71.2 Å². The van der Waals surface area contributed by atoms with Crippen molar-refractivity contribution in [2.75, 3.05) is 18.2 Å². The number of rotatable bonds is 3. The number of ether oxygens (including phenoxy) is 1. The first-order valence-corrected chi connectivity index (χ1v) is 9.52. The Labute approximate surface area is 160 Å². The fourth-order valence-electron chi connectivity index (χ4n) is 3.23. The number of hydrogen-bond donors (Lipinski definition) is 1. The molecule has 1 aliphatic heterocycles. The summed E-state index contributed by atoms with van der Waals surface area (Å²) in [6.45, 7) is 1.91. The Balaban J connectivity index is 1.86. The summed E-state index contributed by atoms with van der Waals surface area (Å²) in [5.41, 5.74) is 3.32. The molecule has 0 bridgehead atoms. The molecule has 0 saturated carbocycles. The van der Waals surface area contributed by atoms with Crippen molar-refractivity contribution < 1.29 is 13.9 Å². The van der Waals surface area contributed by atoms with Crippen LogP contribution in [0.1, 0.15) is 22.1 Å². The van der Waals surface area contributed by atoms with Crippen molar-refractivity contribution in [2.24, 2.45) is 0 Å². The Hall–Kier alpha value is -2.80. The molecule has 0 spiro atoms. The first-order chi connectivity index (χ1) is 13.1. The van der Waals surface area contributed by atoms with Gasteiger partial charge in [0.15, 0.2) is 0 Å². The lowest BCUT2D eigenvalue weighted by Crippen LogP contribution is -2.15. The Morgan fingerprint density at radius 3 is 2.74 bits per heavy atom. The summed E-state index contributed by atoms with van der Waals surface area (Å²) < 4.78 is 20.7. The van der Waals surface area contributed by atoms with E-state index in [-0.39, 0.29) is 22.7 Å². The minimum absolute atomic E-state index is 0.102. The maximum atomic E-state index is 13.8. The molecule has 0 saturated heterocycles. The molecule has 2 heterocycles. The maximum absolute atomic E-state index is 13.8. The van der Waals surface area contributed by atoms with Gasteiger partial charge in [-0.25, -0.2) is 9.07 Å². The lowest BCUT2D eigenvalue weighted by atomic mass is 10.0. The summed E-state index contributed by atoms with van der Waals surface area (Å²) >= 11 is 1.47. The first-order valence-electron chi connectivity index (χ1n) is 8.47. The smallest absolute Gasteiger partial charge is 0.235 e. The van der Waals surface area contributed by atoms with Crippen molar-refractivity contribution in [1.82, 2.24) is 9.78 Å². The molecule has 0 unspecified atom stereocenters. The second kappa shape index (κ2) is 7.08. The van der Waals surface area contributed by atoms with Gasteiger partial charge in [-0.1, -0.05) is 12.1 Å². The molecule has 0 fully saturated rings. The quantitative estimate of drug-likeness (QED) is 0.740. The van der Waals surface area contributed by atoms with E-state index in [1.165, 1.54) is 23.9 Å². The number of hydrogen-bond acceptors (Lipinski definition) is 4. The summed E-state index contributed by atoms with van der Waals surface area (Å²) in [4.78, 5) is 12.3. The molecule has 1 N–H and O–H groups in total. The van der Waals surface area contributed by atoms with E-state index in [2.05, 4.69) is 10.4 Å². The van der Waals surface area contributed by atoms with Gasteiger partial charge in [-0.2, -0.15) is 5.10 Å². The molecule has 5 nitrogen and oxygen atoms in total. The third-order valence-corrected chi connectivity index (χ3v) is 5.75. The predicted octanol–water partition coefficient (Wildman–Crippen LogP) is 4.10. The Morgan fingerprint density at radius 1 is 1.26 bits per heavy atom. The van der Waals surface area contributed by atoms with E-state index >= 15 is 0 Å². The average Bonchev–Trinajstić information content (AvgIpc) is 2.87. The highest BCUT2D eigenvalue weighted by atomic mass is 32.2. The Kier molecular flexibility index (Phi) is 4.61. The van der Waals surface area contributed by atoms with Gasteiger partial charge in [0.25, 0.3) is 0 Å². The van der Waals surface area contributed by atoms with Crippen LogP contribution in [0.15, 0.2) is 48.5 Å². The molecule has 0 radical (unpaired) electrons. The van der Waals surface area contributed by atoms with Gasteiger partial charge in [0.2, 0.25) is 5.91 Å². The monoisotopic (exact) mass is 383 g/mol. The van der Waals surface area contributed by atoms with Crippen molar-refractivity contribution in [2.45, 2.75) is 12.2 Å². The number of aryl methyl sites for hydroxylation is 1. The van der Waals surface area contributed by atoms with Crippen molar-refractivity contribution in [3.8, 4) is 11.4 Å². The van der Waals surface area contributed by atoms with Gasteiger partial charge in [0.1, 0.15) is 17.4 Å². The van der Waals surface area contributed by atoms with Gasteiger partial charge in [-0.05, 0) is 48.9 Å². The highest BCUT2D eigenvalue weighted by molar-refractivity contribution is 8.00. The van der Waals surface area contributed by atoms with Crippen LogP contribution in [0.3, 0.4) is 0 Å². The summed E-state index contributed by atoms with van der Waals surface area (Å²) in [6.07, 6.45) is 0. The number of benzene rings is 2. The van der Waals surface area contributed by atoms with E-state index in [0.29, 0.717) is 5.82 Å². The number of aromatic nitrogens is 2. The van der Waals surface area contributed by atoms with Crippen LogP contribution in [0.4, 0.5) is 10.2 Å². The van der Waals surface area contributed by atoms with Crippen molar-refractivity contribution in [1.29, 1.82) is 0 Å². The lowest BCUT2D eigenvalue weighted by molar-refractivity contribution is -0.113. The molecule has 3 aromatic rings. The second-order valence-electron chi connectivity index (χ2n) is 6.25. The van der Waals surface area contributed by atoms with Gasteiger partial charge in [0.05, 0.1) is 29.5 Å². The molecular weight excluding hydrogens is 365 g/mol. The summed E-state index contributed by atoms with van der Waals surface area (Å²) in [5.74, 6) is 1.26. The molecule has 0 aliphatic carbocycles. The van der Waals surface area contributed by atoms with E-state index in [4.69, 9.17) is 4.74 Å². The van der Waals surface area contributed by atoms with Crippen LogP contribution in [0.2, 0.25) is 0 Å². The molecular formula is C20H18FN3O2S. The molecule has 1 atom stereocenters. The van der Waals surface area contributed by atoms with Gasteiger partial charge in [-0.15, -0.1) is 11.8 Å². The van der Waals surface area contributed by atoms with Crippen LogP contribution in [-0.4, -0.2) is 28.6 Å². The van der Waals surface area contributed by atoms with E-state index < -0.39 is 0 Å². The number of thioether (sulfide) groups is 1. The number of amides is 1. The molecule has 4 rings (SSSR count).